The van der Waals surface area contributed by atoms with Gasteiger partial charge in [0.1, 0.15) is 23.9 Å². The number of halogens is 3. The van der Waals surface area contributed by atoms with E-state index in [1.165, 1.54) is 19.2 Å². The summed E-state index contributed by atoms with van der Waals surface area (Å²) < 4.78 is 53.3. The van der Waals surface area contributed by atoms with E-state index in [0.717, 1.165) is 5.56 Å². The Morgan fingerprint density at radius 1 is 1.19 bits per heavy atom. The highest BCUT2D eigenvalue weighted by atomic mass is 19.3. The number of carboxylic acids is 1. The number of carbonyl (C=O) groups excluding carboxylic acids is 1. The van der Waals surface area contributed by atoms with Crippen LogP contribution in [0.2, 0.25) is 0 Å². The molecule has 0 saturated heterocycles. The molecule has 1 aromatic heterocycles. The molecule has 0 aliphatic heterocycles. The van der Waals surface area contributed by atoms with Crippen molar-refractivity contribution < 1.29 is 37.3 Å². The molecule has 8 nitrogen and oxygen atoms in total. The summed E-state index contributed by atoms with van der Waals surface area (Å²) >= 11 is 0. The first-order valence-corrected chi connectivity index (χ1v) is 11.9. The van der Waals surface area contributed by atoms with Gasteiger partial charge in [-0.05, 0) is 30.4 Å². The number of methoxy groups -OCH3 is 1. The van der Waals surface area contributed by atoms with E-state index in [2.05, 4.69) is 15.3 Å². The van der Waals surface area contributed by atoms with Crippen molar-refractivity contribution in [1.29, 1.82) is 0 Å². The summed E-state index contributed by atoms with van der Waals surface area (Å²) in [5.41, 5.74) is 0.849. The van der Waals surface area contributed by atoms with Gasteiger partial charge in [0.2, 0.25) is 5.92 Å². The average molecular weight is 520 g/mol. The van der Waals surface area contributed by atoms with E-state index >= 15 is 4.39 Å². The molecule has 3 N–H and O–H groups in total. The Hall–Kier alpha value is -3.60. The van der Waals surface area contributed by atoms with Crippen LogP contribution in [0.4, 0.5) is 18.0 Å². The molecule has 3 aromatic rings. The van der Waals surface area contributed by atoms with Crippen LogP contribution >= 0.6 is 0 Å². The van der Waals surface area contributed by atoms with Crippen molar-refractivity contribution in [2.24, 2.45) is 5.92 Å². The van der Waals surface area contributed by atoms with Gasteiger partial charge in [-0.15, -0.1) is 0 Å². The third-order valence-corrected chi connectivity index (χ3v) is 6.66. The highest BCUT2D eigenvalue weighted by Crippen LogP contribution is 2.41. The molecule has 1 unspecified atom stereocenters. The fourth-order valence-corrected chi connectivity index (χ4v) is 4.65. The highest BCUT2D eigenvalue weighted by Gasteiger charge is 2.40. The molecule has 11 heteroatoms. The number of nitrogens with zero attached hydrogens (tertiary/aromatic N) is 1. The quantitative estimate of drug-likeness (QED) is 0.353. The van der Waals surface area contributed by atoms with Crippen LogP contribution < -0.4 is 5.32 Å². The van der Waals surface area contributed by atoms with Crippen LogP contribution in [0.15, 0.2) is 42.5 Å². The second kappa shape index (κ2) is 11.2. The molecule has 1 aliphatic rings. The summed E-state index contributed by atoms with van der Waals surface area (Å²) in [7, 11) is 1.32. The van der Waals surface area contributed by atoms with Gasteiger partial charge in [-0.25, -0.2) is 22.9 Å². The van der Waals surface area contributed by atoms with Crippen molar-refractivity contribution in [3.8, 4) is 0 Å². The lowest BCUT2D eigenvalue weighted by atomic mass is 9.82. The number of hydrogen-bond acceptors (Lipinski definition) is 5. The predicted octanol–water partition coefficient (Wildman–Crippen LogP) is 5.31. The summed E-state index contributed by atoms with van der Waals surface area (Å²) in [5.74, 6) is -6.32. The monoisotopic (exact) mass is 519 g/mol. The van der Waals surface area contributed by atoms with E-state index in [1.807, 2.05) is 6.07 Å². The molecule has 2 atom stereocenters. The first-order chi connectivity index (χ1) is 17.7. The Morgan fingerprint density at radius 2 is 1.89 bits per heavy atom. The first kappa shape index (κ1) is 26.5. The van der Waals surface area contributed by atoms with Gasteiger partial charge in [0.25, 0.3) is 0 Å². The number of imidazole rings is 1. The van der Waals surface area contributed by atoms with E-state index in [1.54, 1.807) is 24.3 Å². The zero-order valence-electron chi connectivity index (χ0n) is 20.2. The Labute approximate surface area is 211 Å². The van der Waals surface area contributed by atoms with Crippen LogP contribution in [0, 0.1) is 11.7 Å². The fraction of sp³-hybridized carbons (Fsp3) is 0.423. The lowest BCUT2D eigenvalue weighted by Crippen LogP contribution is -2.38. The summed E-state index contributed by atoms with van der Waals surface area (Å²) in [6.07, 6.45) is -1.21. The zero-order chi connectivity index (χ0) is 26.6. The molecule has 1 amide bonds. The van der Waals surface area contributed by atoms with Gasteiger partial charge in [-0.2, -0.15) is 0 Å². The van der Waals surface area contributed by atoms with Crippen molar-refractivity contribution in [2.75, 3.05) is 13.7 Å². The summed E-state index contributed by atoms with van der Waals surface area (Å²) in [4.78, 5) is 31.6. The fourth-order valence-electron chi connectivity index (χ4n) is 4.65. The molecule has 1 heterocycles. The minimum Gasteiger partial charge on any atom is -0.481 e. The van der Waals surface area contributed by atoms with Crippen LogP contribution in [0.5, 0.6) is 0 Å². The summed E-state index contributed by atoms with van der Waals surface area (Å²) in [6, 6.07) is 11.0. The molecule has 4 rings (SSSR count). The Morgan fingerprint density at radius 3 is 2.54 bits per heavy atom. The number of aliphatic carboxylic acids is 1. The number of hydrogen-bond donors (Lipinski definition) is 3. The van der Waals surface area contributed by atoms with Gasteiger partial charge in [0.05, 0.1) is 18.2 Å². The molecule has 0 bridgehead atoms. The van der Waals surface area contributed by atoms with Crippen molar-refractivity contribution in [1.82, 2.24) is 15.3 Å². The number of H-pyrrole nitrogens is 1. The Balaban J connectivity index is 1.62. The predicted molar refractivity (Wildman–Crippen MR) is 128 cm³/mol. The zero-order valence-corrected chi connectivity index (χ0v) is 20.2. The summed E-state index contributed by atoms with van der Waals surface area (Å²) in [6.45, 7) is -0.223. The maximum Gasteiger partial charge on any atom is 0.408 e. The van der Waals surface area contributed by atoms with Crippen LogP contribution in [0.1, 0.15) is 54.6 Å². The largest absolute Gasteiger partial charge is 0.481 e. The van der Waals surface area contributed by atoms with Gasteiger partial charge in [0, 0.05) is 25.5 Å². The first-order valence-electron chi connectivity index (χ1n) is 11.9. The number of carboxylic acid groups (broad SMARTS) is 1. The molecule has 2 aromatic carbocycles. The molecule has 0 spiro atoms. The lowest BCUT2D eigenvalue weighted by Gasteiger charge is -2.33. The molecule has 1 fully saturated rings. The number of fused-ring (bicyclic) bond motifs is 1. The lowest BCUT2D eigenvalue weighted by molar-refractivity contribution is -0.140. The molecule has 37 heavy (non-hydrogen) atoms. The maximum atomic E-state index is 15.4. The molecule has 1 saturated carbocycles. The van der Waals surface area contributed by atoms with Crippen LogP contribution in [0.25, 0.3) is 11.0 Å². The van der Waals surface area contributed by atoms with Gasteiger partial charge < -0.3 is 24.9 Å². The number of carbonyl (C=O) groups is 2. The van der Waals surface area contributed by atoms with Crippen LogP contribution in [-0.2, 0) is 20.9 Å². The molecule has 1 aliphatic carbocycles. The minimum absolute atomic E-state index is 0.0102. The highest BCUT2D eigenvalue weighted by molar-refractivity contribution is 5.82. The SMILES string of the molecule is COCC(C(=O)O)c1ccc2[nH]c([C@@H](NC(=O)OCc3ccccc3)C3CCC(F)(F)CC3)nc2c1F. The normalized spacial score (nSPS) is 17.3. The number of nitrogens with one attached hydrogen (secondary N) is 2. The van der Waals surface area contributed by atoms with E-state index in [4.69, 9.17) is 9.47 Å². The second-order valence-corrected chi connectivity index (χ2v) is 9.21. The number of benzene rings is 2. The Kier molecular flexibility index (Phi) is 8.01. The van der Waals surface area contributed by atoms with Gasteiger partial charge in [-0.1, -0.05) is 36.4 Å². The standard InChI is InChI=1S/C26H28F3N3O5/c1-36-14-18(24(33)34)17-7-8-19-22(20(17)27)31-23(30-19)21(16-9-11-26(28,29)12-10-16)32-25(35)37-13-15-5-3-2-4-6-15/h2-8,16,18,21H,9-14H2,1H3,(H,30,31)(H,32,35)(H,33,34)/t18?,21-/m0/s1. The maximum absolute atomic E-state index is 15.4. The molecule has 0 radical (unpaired) electrons. The number of aromatic nitrogens is 2. The second-order valence-electron chi connectivity index (χ2n) is 9.21. The smallest absolute Gasteiger partial charge is 0.408 e. The van der Waals surface area contributed by atoms with Crippen molar-refractivity contribution in [3.63, 3.8) is 0 Å². The number of aromatic amines is 1. The van der Waals surface area contributed by atoms with Gasteiger partial charge >= 0.3 is 12.1 Å². The minimum atomic E-state index is -2.78. The van der Waals surface area contributed by atoms with Crippen molar-refractivity contribution in [3.05, 3.63) is 65.2 Å². The number of rotatable bonds is 9. The number of alkyl carbamates (subject to hydrolysis) is 1. The van der Waals surface area contributed by atoms with Gasteiger partial charge in [0.15, 0.2) is 5.82 Å². The Bertz CT molecular complexity index is 1240. The van der Waals surface area contributed by atoms with Gasteiger partial charge in [-0.3, -0.25) is 4.79 Å². The molecular weight excluding hydrogens is 491 g/mol. The molecule has 198 valence electrons. The van der Waals surface area contributed by atoms with E-state index in [0.29, 0.717) is 0 Å². The van der Waals surface area contributed by atoms with Crippen LogP contribution in [-0.4, -0.2) is 46.8 Å². The number of ether oxygens (including phenoxy) is 2. The number of amides is 1. The van der Waals surface area contributed by atoms with Crippen LogP contribution in [0.3, 0.4) is 0 Å². The third kappa shape index (κ3) is 6.22. The average Bonchev–Trinajstić information content (AvgIpc) is 3.31. The topological polar surface area (TPSA) is 114 Å². The third-order valence-electron chi connectivity index (χ3n) is 6.66. The van der Waals surface area contributed by atoms with Crippen molar-refractivity contribution in [2.45, 2.75) is 50.2 Å². The van der Waals surface area contributed by atoms with E-state index < -0.39 is 41.7 Å². The number of alkyl halides is 2. The molecular formula is C26H28F3N3O5. The van der Waals surface area contributed by atoms with E-state index in [-0.39, 0.29) is 61.3 Å². The summed E-state index contributed by atoms with van der Waals surface area (Å²) in [5, 5.41) is 12.2. The van der Waals surface area contributed by atoms with E-state index in [9.17, 15) is 23.5 Å². The van der Waals surface area contributed by atoms with Crippen molar-refractivity contribution >= 4 is 23.1 Å².